The van der Waals surface area contributed by atoms with Crippen LogP contribution in [0.15, 0.2) is 52.9 Å². The van der Waals surface area contributed by atoms with Crippen molar-refractivity contribution in [3.05, 3.63) is 54.4 Å². The van der Waals surface area contributed by atoms with Crippen LogP contribution in [0.5, 0.6) is 11.5 Å². The summed E-state index contributed by atoms with van der Waals surface area (Å²) >= 11 is 0. The summed E-state index contributed by atoms with van der Waals surface area (Å²) in [5, 5.41) is 8.73. The maximum atomic E-state index is 10.6. The number of methoxy groups -OCH3 is 2. The monoisotopic (exact) mass is 409 g/mol. The molecule has 30 heavy (non-hydrogen) atoms. The lowest BCUT2D eigenvalue weighted by Crippen LogP contribution is -1.94. The lowest BCUT2D eigenvalue weighted by atomic mass is 10.0. The van der Waals surface area contributed by atoms with E-state index in [1.807, 2.05) is 48.5 Å². The minimum atomic E-state index is -0.742. The Morgan fingerprint density at radius 3 is 2.40 bits per heavy atom. The Hall–Kier alpha value is -3.28. The number of carbonyl (C=O) groups is 1. The van der Waals surface area contributed by atoms with E-state index in [1.54, 1.807) is 14.2 Å². The molecule has 158 valence electrons. The van der Waals surface area contributed by atoms with E-state index in [0.717, 1.165) is 47.6 Å². The molecule has 0 saturated heterocycles. The van der Waals surface area contributed by atoms with Gasteiger partial charge in [0.05, 0.1) is 14.2 Å². The number of unbranched alkanes of at least 4 members (excludes halogenated alkanes) is 3. The number of hydrogen-bond donors (Lipinski definition) is 1. The van der Waals surface area contributed by atoms with Gasteiger partial charge in [0.15, 0.2) is 11.7 Å². The summed E-state index contributed by atoms with van der Waals surface area (Å²) < 4.78 is 17.0. The first kappa shape index (κ1) is 21.4. The third kappa shape index (κ3) is 5.41. The quantitative estimate of drug-likeness (QED) is 0.415. The van der Waals surface area contributed by atoms with Crippen LogP contribution in [-0.2, 0) is 11.2 Å². The van der Waals surface area contributed by atoms with Gasteiger partial charge in [0.1, 0.15) is 17.2 Å². The van der Waals surface area contributed by atoms with Crippen LogP contribution in [0, 0.1) is 0 Å². The molecular weight excluding hydrogens is 382 g/mol. The molecule has 0 atom stereocenters. The first-order chi connectivity index (χ1) is 14.6. The molecule has 0 aliphatic heterocycles. The lowest BCUT2D eigenvalue weighted by molar-refractivity contribution is -0.137. The van der Waals surface area contributed by atoms with Crippen LogP contribution in [-0.4, -0.2) is 30.3 Å². The molecule has 1 aromatic heterocycles. The van der Waals surface area contributed by atoms with E-state index < -0.39 is 5.97 Å². The summed E-state index contributed by atoms with van der Waals surface area (Å²) in [4.78, 5) is 15.4. The van der Waals surface area contributed by atoms with Crippen molar-refractivity contribution in [3.8, 4) is 34.1 Å². The average molecular weight is 409 g/mol. The highest BCUT2D eigenvalue weighted by molar-refractivity contribution is 5.80. The summed E-state index contributed by atoms with van der Waals surface area (Å²) in [5.74, 6) is 2.13. The largest absolute Gasteiger partial charge is 0.497 e. The van der Waals surface area contributed by atoms with Gasteiger partial charge in [-0.05, 0) is 49.2 Å². The molecule has 1 heterocycles. The number of aromatic nitrogens is 1. The van der Waals surface area contributed by atoms with Crippen LogP contribution in [0.1, 0.15) is 38.0 Å². The predicted octanol–water partition coefficient (Wildman–Crippen LogP) is 5.60. The van der Waals surface area contributed by atoms with Crippen molar-refractivity contribution in [1.29, 1.82) is 0 Å². The molecular formula is C24H27NO5. The summed E-state index contributed by atoms with van der Waals surface area (Å²) in [6.45, 7) is 0. The predicted molar refractivity (Wildman–Crippen MR) is 115 cm³/mol. The number of para-hydroxylation sites is 1. The molecule has 0 aliphatic rings. The number of hydrogen-bond acceptors (Lipinski definition) is 5. The number of aliphatic carboxylic acids is 1. The van der Waals surface area contributed by atoms with Gasteiger partial charge in [-0.2, -0.15) is 0 Å². The number of oxazole rings is 1. The summed E-state index contributed by atoms with van der Waals surface area (Å²) in [6.07, 6.45) is 4.34. The van der Waals surface area contributed by atoms with Crippen LogP contribution in [0.25, 0.3) is 22.6 Å². The molecule has 0 amide bonds. The molecule has 3 rings (SSSR count). The van der Waals surface area contributed by atoms with Gasteiger partial charge >= 0.3 is 5.97 Å². The van der Waals surface area contributed by atoms with Crippen molar-refractivity contribution in [1.82, 2.24) is 4.98 Å². The highest BCUT2D eigenvalue weighted by atomic mass is 16.5. The number of carboxylic acids is 1. The second kappa shape index (κ2) is 10.5. The highest BCUT2D eigenvalue weighted by Crippen LogP contribution is 2.38. The molecule has 0 fully saturated rings. The van der Waals surface area contributed by atoms with E-state index in [-0.39, 0.29) is 6.42 Å². The van der Waals surface area contributed by atoms with Crippen LogP contribution in [0.4, 0.5) is 0 Å². The Morgan fingerprint density at radius 1 is 0.967 bits per heavy atom. The third-order valence-corrected chi connectivity index (χ3v) is 4.92. The van der Waals surface area contributed by atoms with E-state index in [9.17, 15) is 4.79 Å². The molecule has 1 N–H and O–H groups in total. The molecule has 0 bridgehead atoms. The van der Waals surface area contributed by atoms with E-state index >= 15 is 0 Å². The van der Waals surface area contributed by atoms with Gasteiger partial charge in [0, 0.05) is 24.0 Å². The number of aryl methyl sites for hydroxylation is 1. The molecule has 3 aromatic rings. The SMILES string of the molecule is COc1ccc(-c2oc(CCCCCCC(=O)O)nc2-c2ccccc2OC)cc1. The molecule has 0 radical (unpaired) electrons. The van der Waals surface area contributed by atoms with Crippen LogP contribution < -0.4 is 9.47 Å². The van der Waals surface area contributed by atoms with Crippen LogP contribution >= 0.6 is 0 Å². The molecule has 0 aliphatic carbocycles. The molecule has 2 aromatic carbocycles. The van der Waals surface area contributed by atoms with E-state index in [2.05, 4.69) is 0 Å². The summed E-state index contributed by atoms with van der Waals surface area (Å²) in [7, 11) is 3.28. The molecule has 0 unspecified atom stereocenters. The number of rotatable bonds is 11. The second-order valence-electron chi connectivity index (χ2n) is 7.02. The molecule has 6 nitrogen and oxygen atoms in total. The highest BCUT2D eigenvalue weighted by Gasteiger charge is 2.19. The zero-order chi connectivity index (χ0) is 21.3. The first-order valence-electron chi connectivity index (χ1n) is 10.1. The maximum Gasteiger partial charge on any atom is 0.303 e. The van der Waals surface area contributed by atoms with Gasteiger partial charge in [-0.15, -0.1) is 0 Å². The van der Waals surface area contributed by atoms with Crippen molar-refractivity contribution in [2.75, 3.05) is 14.2 Å². The zero-order valence-electron chi connectivity index (χ0n) is 17.4. The normalized spacial score (nSPS) is 10.7. The maximum absolute atomic E-state index is 10.6. The Kier molecular flexibility index (Phi) is 7.49. The fourth-order valence-electron chi connectivity index (χ4n) is 3.34. The second-order valence-corrected chi connectivity index (χ2v) is 7.02. The van der Waals surface area contributed by atoms with Crippen molar-refractivity contribution < 1.29 is 23.8 Å². The van der Waals surface area contributed by atoms with E-state index in [1.165, 1.54) is 0 Å². The fourth-order valence-corrected chi connectivity index (χ4v) is 3.34. The van der Waals surface area contributed by atoms with Gasteiger partial charge in [-0.1, -0.05) is 25.0 Å². The van der Waals surface area contributed by atoms with Crippen LogP contribution in [0.3, 0.4) is 0 Å². The summed E-state index contributed by atoms with van der Waals surface area (Å²) in [6, 6.07) is 15.4. The van der Waals surface area contributed by atoms with Crippen LogP contribution in [0.2, 0.25) is 0 Å². The van der Waals surface area contributed by atoms with Gasteiger partial charge in [0.2, 0.25) is 0 Å². The number of carboxylic acid groups (broad SMARTS) is 1. The number of benzene rings is 2. The van der Waals surface area contributed by atoms with Gasteiger partial charge in [-0.3, -0.25) is 4.79 Å². The standard InChI is InChI=1S/C24H27NO5/c1-28-18-15-13-17(14-16-18)24-23(19-9-7-8-10-20(19)29-2)25-21(30-24)11-5-3-4-6-12-22(26)27/h7-10,13-16H,3-6,11-12H2,1-2H3,(H,26,27). The average Bonchev–Trinajstić information content (AvgIpc) is 3.20. The summed E-state index contributed by atoms with van der Waals surface area (Å²) in [5.41, 5.74) is 2.54. The van der Waals surface area contributed by atoms with Gasteiger partial charge < -0.3 is 19.0 Å². The lowest BCUT2D eigenvalue weighted by Gasteiger charge is -2.07. The Labute approximate surface area is 176 Å². The topological polar surface area (TPSA) is 81.8 Å². The van der Waals surface area contributed by atoms with Gasteiger partial charge in [0.25, 0.3) is 0 Å². The van der Waals surface area contributed by atoms with Crippen molar-refractivity contribution in [2.24, 2.45) is 0 Å². The Bertz CT molecular complexity index is 962. The molecule has 0 spiro atoms. The minimum Gasteiger partial charge on any atom is -0.497 e. The number of ether oxygens (including phenoxy) is 2. The fraction of sp³-hybridized carbons (Fsp3) is 0.333. The zero-order valence-corrected chi connectivity index (χ0v) is 17.4. The van der Waals surface area contributed by atoms with E-state index in [4.69, 9.17) is 24.0 Å². The number of nitrogens with zero attached hydrogens (tertiary/aromatic N) is 1. The minimum absolute atomic E-state index is 0.221. The molecule has 0 saturated carbocycles. The Balaban J connectivity index is 1.83. The van der Waals surface area contributed by atoms with Crippen molar-refractivity contribution in [2.45, 2.75) is 38.5 Å². The molecule has 6 heteroatoms. The third-order valence-electron chi connectivity index (χ3n) is 4.92. The Morgan fingerprint density at radius 2 is 1.70 bits per heavy atom. The smallest absolute Gasteiger partial charge is 0.303 e. The first-order valence-corrected chi connectivity index (χ1v) is 10.1. The van der Waals surface area contributed by atoms with Crippen molar-refractivity contribution in [3.63, 3.8) is 0 Å². The van der Waals surface area contributed by atoms with Gasteiger partial charge in [-0.25, -0.2) is 4.98 Å². The van der Waals surface area contributed by atoms with E-state index in [0.29, 0.717) is 24.5 Å². The van der Waals surface area contributed by atoms with Crippen molar-refractivity contribution >= 4 is 5.97 Å².